The molecule has 1 unspecified atom stereocenters. The van der Waals surface area contributed by atoms with Crippen LogP contribution in [0.25, 0.3) is 0 Å². The van der Waals surface area contributed by atoms with Crippen LogP contribution >= 0.6 is 11.3 Å². The van der Waals surface area contributed by atoms with Gasteiger partial charge in [-0.3, -0.25) is 14.4 Å². The van der Waals surface area contributed by atoms with Gasteiger partial charge >= 0.3 is 11.8 Å². The van der Waals surface area contributed by atoms with Gasteiger partial charge < -0.3 is 20.6 Å². The highest BCUT2D eigenvalue weighted by Gasteiger charge is 2.27. The van der Waals surface area contributed by atoms with Crippen molar-refractivity contribution in [3.05, 3.63) is 46.2 Å². The fraction of sp³-hybridized carbons (Fsp3) is 0.350. The van der Waals surface area contributed by atoms with Crippen molar-refractivity contribution in [2.75, 3.05) is 23.3 Å². The predicted molar refractivity (Wildman–Crippen MR) is 108 cm³/mol. The number of hydrogen-bond donors (Lipinski definition) is 3. The lowest BCUT2D eigenvalue weighted by molar-refractivity contribution is -0.136. The average Bonchev–Trinajstić information content (AvgIpc) is 3.33. The van der Waals surface area contributed by atoms with Gasteiger partial charge in [-0.05, 0) is 49.4 Å². The number of carbonyl (C=O) groups is 3. The second kappa shape index (κ2) is 8.12. The Bertz CT molecular complexity index is 893. The van der Waals surface area contributed by atoms with Crippen molar-refractivity contribution in [2.45, 2.75) is 32.3 Å². The molecule has 1 aromatic carbocycles. The van der Waals surface area contributed by atoms with E-state index in [1.807, 2.05) is 18.4 Å². The quantitative estimate of drug-likeness (QED) is 0.669. The van der Waals surface area contributed by atoms with Crippen LogP contribution in [0.4, 0.5) is 11.4 Å². The molecule has 28 heavy (non-hydrogen) atoms. The van der Waals surface area contributed by atoms with Crippen LogP contribution < -0.4 is 15.5 Å². The van der Waals surface area contributed by atoms with E-state index < -0.39 is 17.4 Å². The van der Waals surface area contributed by atoms with E-state index in [4.69, 9.17) is 0 Å². The van der Waals surface area contributed by atoms with Gasteiger partial charge in [-0.1, -0.05) is 12.1 Å². The normalized spacial score (nSPS) is 16.0. The van der Waals surface area contributed by atoms with E-state index in [2.05, 4.69) is 10.6 Å². The van der Waals surface area contributed by atoms with E-state index in [0.29, 0.717) is 23.5 Å². The van der Waals surface area contributed by atoms with E-state index >= 15 is 0 Å². The van der Waals surface area contributed by atoms with Crippen LogP contribution in [0.3, 0.4) is 0 Å². The third kappa shape index (κ3) is 4.40. The molecule has 0 spiro atoms. The van der Waals surface area contributed by atoms with Gasteiger partial charge in [-0.15, -0.1) is 11.3 Å². The van der Waals surface area contributed by atoms with Crippen LogP contribution in [0.15, 0.2) is 35.7 Å². The van der Waals surface area contributed by atoms with Gasteiger partial charge in [-0.25, -0.2) is 0 Å². The number of nitrogens with zero attached hydrogens (tertiary/aromatic N) is 1. The number of benzene rings is 1. The zero-order valence-electron chi connectivity index (χ0n) is 15.8. The van der Waals surface area contributed by atoms with E-state index in [9.17, 15) is 19.5 Å². The number of aryl methyl sites for hydroxylation is 1. The lowest BCUT2D eigenvalue weighted by Gasteiger charge is -2.22. The summed E-state index contributed by atoms with van der Waals surface area (Å²) in [5.41, 5.74) is 0.841. The van der Waals surface area contributed by atoms with Gasteiger partial charge in [0, 0.05) is 29.2 Å². The smallest absolute Gasteiger partial charge is 0.313 e. The highest BCUT2D eigenvalue weighted by atomic mass is 32.1. The van der Waals surface area contributed by atoms with Crippen molar-refractivity contribution in [3.63, 3.8) is 0 Å². The van der Waals surface area contributed by atoms with Gasteiger partial charge in [-0.2, -0.15) is 0 Å². The molecule has 1 aliphatic rings. The van der Waals surface area contributed by atoms with Gasteiger partial charge in [0.15, 0.2) is 0 Å². The molecule has 7 nitrogen and oxygen atoms in total. The van der Waals surface area contributed by atoms with Crippen molar-refractivity contribution in [2.24, 2.45) is 0 Å². The van der Waals surface area contributed by atoms with Crippen molar-refractivity contribution in [3.8, 4) is 0 Å². The summed E-state index contributed by atoms with van der Waals surface area (Å²) in [6.07, 6.45) is 1.32. The summed E-state index contributed by atoms with van der Waals surface area (Å²) in [6, 6.07) is 8.77. The lowest BCUT2D eigenvalue weighted by atomic mass is 10.1. The van der Waals surface area contributed by atoms with Crippen LogP contribution in [0, 0.1) is 6.92 Å². The molecule has 1 atom stereocenters. The van der Waals surface area contributed by atoms with Gasteiger partial charge in [0.05, 0.1) is 6.54 Å². The second-order valence-electron chi connectivity index (χ2n) is 7.04. The first-order valence-corrected chi connectivity index (χ1v) is 9.92. The SMILES string of the molecule is Cc1ccc(NC(=O)C(=O)NCC(C)(O)c2cccs2)cc1N1CCCC1=O. The molecule has 3 rings (SSSR count). The molecular weight excluding hydrogens is 378 g/mol. The Labute approximate surface area is 167 Å². The molecule has 1 aromatic heterocycles. The molecule has 1 saturated heterocycles. The maximum absolute atomic E-state index is 12.2. The Hall–Kier alpha value is -2.71. The number of thiophene rings is 1. The van der Waals surface area contributed by atoms with Crippen molar-refractivity contribution >= 4 is 40.4 Å². The third-order valence-corrected chi connectivity index (χ3v) is 5.81. The summed E-state index contributed by atoms with van der Waals surface area (Å²) in [5, 5.41) is 17.3. The molecule has 0 saturated carbocycles. The molecule has 3 amide bonds. The number of hydrogen-bond acceptors (Lipinski definition) is 5. The zero-order valence-corrected chi connectivity index (χ0v) is 16.6. The van der Waals surface area contributed by atoms with E-state index in [0.717, 1.165) is 17.7 Å². The minimum atomic E-state index is -1.25. The Morgan fingerprint density at radius 2 is 2.07 bits per heavy atom. The largest absolute Gasteiger partial charge is 0.383 e. The van der Waals surface area contributed by atoms with Crippen LogP contribution in [0.2, 0.25) is 0 Å². The van der Waals surface area contributed by atoms with Crippen LogP contribution in [0.1, 0.15) is 30.2 Å². The highest BCUT2D eigenvalue weighted by molar-refractivity contribution is 7.10. The molecular formula is C20H23N3O4S. The van der Waals surface area contributed by atoms with E-state index in [1.165, 1.54) is 11.3 Å². The molecule has 148 valence electrons. The Kier molecular flexibility index (Phi) is 5.81. The number of nitrogens with one attached hydrogen (secondary N) is 2. The van der Waals surface area contributed by atoms with Crippen LogP contribution in [-0.4, -0.2) is 35.9 Å². The zero-order chi connectivity index (χ0) is 20.3. The molecule has 1 fully saturated rings. The summed E-state index contributed by atoms with van der Waals surface area (Å²) in [6.45, 7) is 4.04. The molecule has 0 radical (unpaired) electrons. The first kappa shape index (κ1) is 20.0. The van der Waals surface area contributed by atoms with Crippen LogP contribution in [-0.2, 0) is 20.0 Å². The first-order valence-electron chi connectivity index (χ1n) is 9.04. The van der Waals surface area contributed by atoms with Gasteiger partial charge in [0.25, 0.3) is 0 Å². The minimum absolute atomic E-state index is 0.0557. The Balaban J connectivity index is 1.62. The second-order valence-corrected chi connectivity index (χ2v) is 7.99. The first-order chi connectivity index (χ1) is 13.3. The summed E-state index contributed by atoms with van der Waals surface area (Å²) in [5.74, 6) is -1.61. The molecule has 0 bridgehead atoms. The Morgan fingerprint density at radius 3 is 2.71 bits per heavy atom. The fourth-order valence-corrected chi connectivity index (χ4v) is 3.86. The molecule has 1 aliphatic heterocycles. The predicted octanol–water partition coefficient (Wildman–Crippen LogP) is 2.15. The summed E-state index contributed by atoms with van der Waals surface area (Å²) < 4.78 is 0. The van der Waals surface area contributed by atoms with Crippen molar-refractivity contribution in [1.82, 2.24) is 5.32 Å². The van der Waals surface area contributed by atoms with E-state index in [1.54, 1.807) is 36.1 Å². The van der Waals surface area contributed by atoms with Crippen molar-refractivity contribution in [1.29, 1.82) is 0 Å². The molecule has 8 heteroatoms. The summed E-state index contributed by atoms with van der Waals surface area (Å²) in [4.78, 5) is 38.7. The molecule has 0 aliphatic carbocycles. The maximum Gasteiger partial charge on any atom is 0.313 e. The summed E-state index contributed by atoms with van der Waals surface area (Å²) >= 11 is 1.37. The van der Waals surface area contributed by atoms with Gasteiger partial charge in [0.1, 0.15) is 5.60 Å². The highest BCUT2D eigenvalue weighted by Crippen LogP contribution is 2.28. The lowest BCUT2D eigenvalue weighted by Crippen LogP contribution is -2.43. The number of aliphatic hydroxyl groups is 1. The van der Waals surface area contributed by atoms with E-state index in [-0.39, 0.29) is 12.5 Å². The topological polar surface area (TPSA) is 98.7 Å². The van der Waals surface area contributed by atoms with Crippen LogP contribution in [0.5, 0.6) is 0 Å². The Morgan fingerprint density at radius 1 is 1.29 bits per heavy atom. The molecule has 2 heterocycles. The molecule has 3 N–H and O–H groups in total. The maximum atomic E-state index is 12.2. The standard InChI is InChI=1S/C20H23N3O4S/c1-13-7-8-14(11-15(13)23-9-3-6-17(23)24)22-19(26)18(25)21-12-20(2,27)16-5-4-10-28-16/h4-5,7-8,10-11,27H,3,6,9,12H2,1-2H3,(H,21,25)(H,22,26). The minimum Gasteiger partial charge on any atom is -0.383 e. The number of amides is 3. The van der Waals surface area contributed by atoms with Gasteiger partial charge in [0.2, 0.25) is 5.91 Å². The summed E-state index contributed by atoms with van der Waals surface area (Å²) in [7, 11) is 0. The number of anilines is 2. The average molecular weight is 401 g/mol. The number of rotatable bonds is 5. The fourth-order valence-electron chi connectivity index (χ4n) is 3.07. The number of carbonyl (C=O) groups excluding carboxylic acids is 3. The molecule has 2 aromatic rings. The monoisotopic (exact) mass is 401 g/mol. The van der Waals surface area contributed by atoms with Crippen molar-refractivity contribution < 1.29 is 19.5 Å². The third-order valence-electron chi connectivity index (χ3n) is 4.68.